The highest BCUT2D eigenvalue weighted by Gasteiger charge is 2.33. The Morgan fingerprint density at radius 2 is 1.89 bits per heavy atom. The number of piperazine rings is 2. The van der Waals surface area contributed by atoms with Crippen LogP contribution >= 0.6 is 0 Å². The number of nitrogens with one attached hydrogen (secondary N) is 2. The van der Waals surface area contributed by atoms with Gasteiger partial charge in [-0.15, -0.1) is 0 Å². The summed E-state index contributed by atoms with van der Waals surface area (Å²) in [5.74, 6) is 0.695. The number of hydrogen-bond donors (Lipinski definition) is 2. The topological polar surface area (TPSA) is 97.5 Å². The number of nitrogens with zero attached hydrogens (tertiary/aromatic N) is 5. The highest BCUT2D eigenvalue weighted by molar-refractivity contribution is 5.89. The van der Waals surface area contributed by atoms with Gasteiger partial charge in [0.1, 0.15) is 6.33 Å². The van der Waals surface area contributed by atoms with Gasteiger partial charge in [-0.05, 0) is 5.56 Å². The molecule has 0 aliphatic carbocycles. The van der Waals surface area contributed by atoms with Crippen molar-refractivity contribution in [3.63, 3.8) is 0 Å². The summed E-state index contributed by atoms with van der Waals surface area (Å²) >= 11 is 0. The van der Waals surface area contributed by atoms with E-state index in [4.69, 9.17) is 0 Å². The van der Waals surface area contributed by atoms with Crippen molar-refractivity contribution in [2.45, 2.75) is 19.0 Å². The molecule has 0 radical (unpaired) electrons. The Kier molecular flexibility index (Phi) is 5.52. The van der Waals surface area contributed by atoms with Crippen molar-refractivity contribution in [3.05, 3.63) is 42.2 Å². The van der Waals surface area contributed by atoms with Crippen LogP contribution in [-0.4, -0.2) is 82.1 Å². The highest BCUT2D eigenvalue weighted by atomic mass is 16.2. The SMILES string of the molecule is O=C1NCCN(Cc2ccccc2)[C@H]1CC(=O)N1CCN(c2ncn[nH]2)CC1. The van der Waals surface area contributed by atoms with E-state index in [0.29, 0.717) is 39.3 Å². The molecule has 2 saturated heterocycles. The van der Waals surface area contributed by atoms with Crippen molar-refractivity contribution in [3.8, 4) is 0 Å². The number of amides is 2. The summed E-state index contributed by atoms with van der Waals surface area (Å²) in [5, 5.41) is 9.63. The summed E-state index contributed by atoms with van der Waals surface area (Å²) in [4.78, 5) is 35.5. The molecule has 2 fully saturated rings. The molecule has 2 amide bonds. The first-order chi connectivity index (χ1) is 13.7. The van der Waals surface area contributed by atoms with Gasteiger partial charge in [-0.1, -0.05) is 30.3 Å². The Labute approximate surface area is 163 Å². The molecule has 9 nitrogen and oxygen atoms in total. The van der Waals surface area contributed by atoms with Crippen LogP contribution in [0.1, 0.15) is 12.0 Å². The Morgan fingerprint density at radius 1 is 1.11 bits per heavy atom. The van der Waals surface area contributed by atoms with Gasteiger partial charge in [-0.2, -0.15) is 10.1 Å². The van der Waals surface area contributed by atoms with Crippen LogP contribution in [0.15, 0.2) is 36.7 Å². The van der Waals surface area contributed by atoms with E-state index >= 15 is 0 Å². The van der Waals surface area contributed by atoms with E-state index in [1.807, 2.05) is 35.2 Å². The second-order valence-corrected chi connectivity index (χ2v) is 7.14. The average Bonchev–Trinajstić information content (AvgIpc) is 3.26. The molecule has 28 heavy (non-hydrogen) atoms. The lowest BCUT2D eigenvalue weighted by atomic mass is 10.1. The van der Waals surface area contributed by atoms with Gasteiger partial charge in [0.05, 0.1) is 12.5 Å². The number of anilines is 1. The third-order valence-corrected chi connectivity index (χ3v) is 5.37. The first kappa shape index (κ1) is 18.4. The van der Waals surface area contributed by atoms with Gasteiger partial charge in [0.25, 0.3) is 0 Å². The second-order valence-electron chi connectivity index (χ2n) is 7.14. The third-order valence-electron chi connectivity index (χ3n) is 5.37. The number of H-pyrrole nitrogens is 1. The zero-order valence-corrected chi connectivity index (χ0v) is 15.8. The van der Waals surface area contributed by atoms with Crippen LogP contribution in [-0.2, 0) is 16.1 Å². The molecule has 0 bridgehead atoms. The third kappa shape index (κ3) is 4.14. The number of aromatic nitrogens is 3. The van der Waals surface area contributed by atoms with Gasteiger partial charge in [-0.25, -0.2) is 5.10 Å². The molecule has 1 aromatic heterocycles. The minimum absolute atomic E-state index is 0.0253. The van der Waals surface area contributed by atoms with E-state index < -0.39 is 6.04 Å². The summed E-state index contributed by atoms with van der Waals surface area (Å²) in [6.45, 7) is 4.67. The summed E-state index contributed by atoms with van der Waals surface area (Å²) < 4.78 is 0. The quantitative estimate of drug-likeness (QED) is 0.745. The summed E-state index contributed by atoms with van der Waals surface area (Å²) in [5.41, 5.74) is 1.15. The molecule has 1 atom stereocenters. The molecule has 2 aliphatic heterocycles. The molecule has 0 saturated carbocycles. The molecule has 2 aliphatic rings. The first-order valence-electron chi connectivity index (χ1n) is 9.64. The van der Waals surface area contributed by atoms with Crippen molar-refractivity contribution in [2.75, 3.05) is 44.2 Å². The van der Waals surface area contributed by atoms with Gasteiger partial charge in [0.2, 0.25) is 17.8 Å². The van der Waals surface area contributed by atoms with Crippen LogP contribution in [0.4, 0.5) is 5.95 Å². The van der Waals surface area contributed by atoms with Crippen LogP contribution in [0.5, 0.6) is 0 Å². The minimum atomic E-state index is -0.422. The van der Waals surface area contributed by atoms with E-state index in [1.54, 1.807) is 0 Å². The minimum Gasteiger partial charge on any atom is -0.353 e. The number of hydrogen-bond acceptors (Lipinski definition) is 6. The molecule has 148 valence electrons. The monoisotopic (exact) mass is 383 g/mol. The van der Waals surface area contributed by atoms with Crippen LogP contribution in [0.3, 0.4) is 0 Å². The van der Waals surface area contributed by atoms with Crippen LogP contribution < -0.4 is 10.2 Å². The Bertz CT molecular complexity index is 788. The van der Waals surface area contributed by atoms with Gasteiger partial charge in [0.15, 0.2) is 0 Å². The summed E-state index contributed by atoms with van der Waals surface area (Å²) in [6, 6.07) is 9.64. The lowest BCUT2D eigenvalue weighted by molar-refractivity contribution is -0.139. The van der Waals surface area contributed by atoms with E-state index in [1.165, 1.54) is 6.33 Å². The maximum atomic E-state index is 12.9. The standard InChI is InChI=1S/C19H25N7O2/c27-17(24-8-10-25(11-9-24)19-21-14-22-23-19)12-16-18(28)20-6-7-26(16)13-15-4-2-1-3-5-15/h1-5,14,16H,6-13H2,(H,20,28)(H,21,22,23)/t16-/m0/s1. The van der Waals surface area contributed by atoms with Gasteiger partial charge in [0, 0.05) is 45.8 Å². The maximum Gasteiger partial charge on any atom is 0.237 e. The molecule has 0 unspecified atom stereocenters. The molecular formula is C19H25N7O2. The number of rotatable bonds is 5. The van der Waals surface area contributed by atoms with Crippen molar-refractivity contribution in [1.82, 2.24) is 30.3 Å². The van der Waals surface area contributed by atoms with Crippen LogP contribution in [0.2, 0.25) is 0 Å². The molecule has 3 heterocycles. The van der Waals surface area contributed by atoms with Gasteiger partial charge in [-0.3, -0.25) is 14.5 Å². The predicted molar refractivity (Wildman–Crippen MR) is 103 cm³/mol. The zero-order valence-electron chi connectivity index (χ0n) is 15.8. The van der Waals surface area contributed by atoms with E-state index in [0.717, 1.165) is 18.1 Å². The van der Waals surface area contributed by atoms with E-state index in [9.17, 15) is 9.59 Å². The molecule has 2 aromatic rings. The number of carbonyl (C=O) groups excluding carboxylic acids is 2. The fourth-order valence-corrected chi connectivity index (χ4v) is 3.80. The van der Waals surface area contributed by atoms with Crippen molar-refractivity contribution in [1.29, 1.82) is 0 Å². The predicted octanol–water partition coefficient (Wildman–Crippen LogP) is -0.156. The van der Waals surface area contributed by atoms with E-state index in [2.05, 4.69) is 30.3 Å². The normalized spacial score (nSPS) is 20.9. The first-order valence-corrected chi connectivity index (χ1v) is 9.64. The summed E-state index contributed by atoms with van der Waals surface area (Å²) in [7, 11) is 0. The molecule has 1 aromatic carbocycles. The Hall–Kier alpha value is -2.94. The molecule has 9 heteroatoms. The lowest BCUT2D eigenvalue weighted by Gasteiger charge is -2.38. The van der Waals surface area contributed by atoms with Crippen molar-refractivity contribution >= 4 is 17.8 Å². The Balaban J connectivity index is 1.35. The lowest BCUT2D eigenvalue weighted by Crippen LogP contribution is -2.57. The van der Waals surface area contributed by atoms with Crippen LogP contribution in [0, 0.1) is 0 Å². The number of aromatic amines is 1. The fourth-order valence-electron chi connectivity index (χ4n) is 3.80. The van der Waals surface area contributed by atoms with Gasteiger partial charge >= 0.3 is 0 Å². The number of benzene rings is 1. The van der Waals surface area contributed by atoms with Crippen molar-refractivity contribution in [2.24, 2.45) is 0 Å². The Morgan fingerprint density at radius 3 is 2.61 bits per heavy atom. The molecular weight excluding hydrogens is 358 g/mol. The van der Waals surface area contributed by atoms with E-state index in [-0.39, 0.29) is 18.2 Å². The summed E-state index contributed by atoms with van der Waals surface area (Å²) in [6.07, 6.45) is 1.69. The number of carbonyl (C=O) groups is 2. The molecule has 2 N–H and O–H groups in total. The zero-order chi connectivity index (χ0) is 19.3. The van der Waals surface area contributed by atoms with Crippen molar-refractivity contribution < 1.29 is 9.59 Å². The second kappa shape index (κ2) is 8.39. The molecule has 0 spiro atoms. The van der Waals surface area contributed by atoms with Gasteiger partial charge < -0.3 is 15.1 Å². The average molecular weight is 383 g/mol. The largest absolute Gasteiger partial charge is 0.353 e. The smallest absolute Gasteiger partial charge is 0.237 e. The highest BCUT2D eigenvalue weighted by Crippen LogP contribution is 2.16. The fraction of sp³-hybridized carbons (Fsp3) is 0.474. The molecule has 4 rings (SSSR count). The van der Waals surface area contributed by atoms with Crippen LogP contribution in [0.25, 0.3) is 0 Å². The maximum absolute atomic E-state index is 12.9.